The van der Waals surface area contributed by atoms with Gasteiger partial charge < -0.3 is 10.1 Å². The number of anilines is 1. The van der Waals surface area contributed by atoms with E-state index in [4.69, 9.17) is 9.72 Å². The van der Waals surface area contributed by atoms with Crippen LogP contribution in [0, 0.1) is 0 Å². The van der Waals surface area contributed by atoms with E-state index in [-0.39, 0.29) is 24.5 Å². The Hall–Kier alpha value is -3.22. The molecule has 31 heavy (non-hydrogen) atoms. The standard InChI is InChI=1S/C24H28N4O3/c1-14(2)21-11-19(20-12-25-28(15(3)4)23(20)27-21)24(30)31-13-22(29)26-18-9-8-16-6-5-7-17(16)10-18/h8-12,14-15H,5-7,13H2,1-4H3,(H,26,29). The highest BCUT2D eigenvalue weighted by Gasteiger charge is 2.21. The van der Waals surface area contributed by atoms with Crippen molar-refractivity contribution in [1.29, 1.82) is 0 Å². The first kappa shape index (κ1) is 21.0. The number of fused-ring (bicyclic) bond motifs is 2. The van der Waals surface area contributed by atoms with Crippen LogP contribution in [-0.2, 0) is 22.4 Å². The normalized spacial score (nSPS) is 13.1. The van der Waals surface area contributed by atoms with E-state index in [9.17, 15) is 9.59 Å². The van der Waals surface area contributed by atoms with Gasteiger partial charge in [0.15, 0.2) is 12.3 Å². The highest BCUT2D eigenvalue weighted by Crippen LogP contribution is 2.26. The molecule has 1 N–H and O–H groups in total. The average Bonchev–Trinajstić information content (AvgIpc) is 3.37. The van der Waals surface area contributed by atoms with E-state index >= 15 is 0 Å². The van der Waals surface area contributed by atoms with Crippen molar-refractivity contribution >= 4 is 28.6 Å². The van der Waals surface area contributed by atoms with Crippen molar-refractivity contribution in [2.45, 2.75) is 58.9 Å². The largest absolute Gasteiger partial charge is 0.452 e. The summed E-state index contributed by atoms with van der Waals surface area (Å²) in [7, 11) is 0. The Labute approximate surface area is 181 Å². The zero-order valence-electron chi connectivity index (χ0n) is 18.4. The second-order valence-electron chi connectivity index (χ2n) is 8.63. The fourth-order valence-corrected chi connectivity index (χ4v) is 3.94. The minimum Gasteiger partial charge on any atom is -0.452 e. The molecule has 0 atom stereocenters. The molecule has 0 saturated carbocycles. The molecule has 4 rings (SSSR count). The van der Waals surface area contributed by atoms with Crippen LogP contribution < -0.4 is 5.32 Å². The second kappa shape index (κ2) is 8.49. The van der Waals surface area contributed by atoms with Crippen LogP contribution in [0.2, 0.25) is 0 Å². The van der Waals surface area contributed by atoms with Crippen LogP contribution in [0.3, 0.4) is 0 Å². The minimum absolute atomic E-state index is 0.106. The Balaban J connectivity index is 1.49. The van der Waals surface area contributed by atoms with Crippen molar-refractivity contribution in [3.8, 4) is 0 Å². The molecule has 0 unspecified atom stereocenters. The Morgan fingerprint density at radius 2 is 1.90 bits per heavy atom. The summed E-state index contributed by atoms with van der Waals surface area (Å²) in [6.07, 6.45) is 4.91. The summed E-state index contributed by atoms with van der Waals surface area (Å²) in [5.74, 6) is -0.783. The molecular weight excluding hydrogens is 392 g/mol. The molecule has 1 aliphatic rings. The van der Waals surface area contributed by atoms with Crippen molar-refractivity contribution in [2.24, 2.45) is 0 Å². The van der Waals surface area contributed by atoms with Crippen LogP contribution >= 0.6 is 0 Å². The number of rotatable bonds is 6. The molecule has 0 fully saturated rings. The number of nitrogens with zero attached hydrogens (tertiary/aromatic N) is 3. The van der Waals surface area contributed by atoms with Gasteiger partial charge in [0.1, 0.15) is 0 Å². The molecule has 0 bridgehead atoms. The van der Waals surface area contributed by atoms with E-state index in [1.165, 1.54) is 11.1 Å². The smallest absolute Gasteiger partial charge is 0.339 e. The monoisotopic (exact) mass is 420 g/mol. The van der Waals surface area contributed by atoms with Crippen LogP contribution in [0.15, 0.2) is 30.5 Å². The first-order chi connectivity index (χ1) is 14.8. The maximum atomic E-state index is 12.9. The summed E-state index contributed by atoms with van der Waals surface area (Å²) >= 11 is 0. The molecule has 7 nitrogen and oxygen atoms in total. The number of amides is 1. The summed E-state index contributed by atoms with van der Waals surface area (Å²) < 4.78 is 7.14. The van der Waals surface area contributed by atoms with Crippen molar-refractivity contribution in [3.63, 3.8) is 0 Å². The number of hydrogen-bond acceptors (Lipinski definition) is 5. The third-order valence-electron chi connectivity index (χ3n) is 5.60. The fraction of sp³-hybridized carbons (Fsp3) is 0.417. The van der Waals surface area contributed by atoms with Gasteiger partial charge in [0, 0.05) is 17.4 Å². The number of nitrogens with one attached hydrogen (secondary N) is 1. The number of esters is 1. The number of aryl methyl sites for hydroxylation is 2. The second-order valence-corrected chi connectivity index (χ2v) is 8.63. The summed E-state index contributed by atoms with van der Waals surface area (Å²) in [5, 5.41) is 7.83. The van der Waals surface area contributed by atoms with E-state index in [0.29, 0.717) is 16.6 Å². The van der Waals surface area contributed by atoms with Gasteiger partial charge >= 0.3 is 5.97 Å². The number of carbonyl (C=O) groups excluding carboxylic acids is 2. The number of carbonyl (C=O) groups is 2. The topological polar surface area (TPSA) is 86.1 Å². The van der Waals surface area contributed by atoms with Gasteiger partial charge in [-0.1, -0.05) is 19.9 Å². The van der Waals surface area contributed by atoms with Crippen molar-refractivity contribution in [3.05, 3.63) is 52.8 Å². The number of pyridine rings is 1. The van der Waals surface area contributed by atoms with E-state index in [2.05, 4.69) is 16.5 Å². The van der Waals surface area contributed by atoms with E-state index in [1.807, 2.05) is 39.8 Å². The van der Waals surface area contributed by atoms with Crippen molar-refractivity contribution < 1.29 is 14.3 Å². The minimum atomic E-state index is -0.554. The van der Waals surface area contributed by atoms with Gasteiger partial charge in [0.25, 0.3) is 5.91 Å². The van der Waals surface area contributed by atoms with Gasteiger partial charge in [-0.05, 0) is 68.4 Å². The molecule has 0 saturated heterocycles. The third kappa shape index (κ3) is 4.31. The predicted molar refractivity (Wildman–Crippen MR) is 119 cm³/mol. The van der Waals surface area contributed by atoms with Crippen molar-refractivity contribution in [2.75, 3.05) is 11.9 Å². The summed E-state index contributed by atoms with van der Waals surface area (Å²) in [5.41, 5.74) is 5.16. The van der Waals surface area contributed by atoms with Gasteiger partial charge in [-0.3, -0.25) is 4.79 Å². The van der Waals surface area contributed by atoms with Gasteiger partial charge in [-0.25, -0.2) is 14.5 Å². The Morgan fingerprint density at radius 1 is 1.13 bits per heavy atom. The van der Waals surface area contributed by atoms with Crippen LogP contribution in [0.5, 0.6) is 0 Å². The van der Waals surface area contributed by atoms with Gasteiger partial charge in [0.2, 0.25) is 0 Å². The highest BCUT2D eigenvalue weighted by molar-refractivity contribution is 6.03. The van der Waals surface area contributed by atoms with E-state index in [0.717, 1.165) is 30.6 Å². The molecule has 2 aromatic heterocycles. The van der Waals surface area contributed by atoms with E-state index < -0.39 is 5.97 Å². The fourth-order valence-electron chi connectivity index (χ4n) is 3.94. The Morgan fingerprint density at radius 3 is 2.65 bits per heavy atom. The summed E-state index contributed by atoms with van der Waals surface area (Å²) in [4.78, 5) is 29.9. The lowest BCUT2D eigenvalue weighted by Gasteiger charge is -2.12. The molecule has 1 amide bonds. The highest BCUT2D eigenvalue weighted by atomic mass is 16.5. The predicted octanol–water partition coefficient (Wildman–Crippen LogP) is 4.42. The van der Waals surface area contributed by atoms with Gasteiger partial charge in [-0.15, -0.1) is 0 Å². The lowest BCUT2D eigenvalue weighted by Crippen LogP contribution is -2.21. The van der Waals surface area contributed by atoms with Crippen LogP contribution in [0.25, 0.3) is 11.0 Å². The van der Waals surface area contributed by atoms with Crippen LogP contribution in [0.4, 0.5) is 5.69 Å². The van der Waals surface area contributed by atoms with Gasteiger partial charge in [-0.2, -0.15) is 5.10 Å². The molecule has 0 radical (unpaired) electrons. The zero-order chi connectivity index (χ0) is 22.1. The molecular formula is C24H28N4O3. The molecule has 1 aliphatic carbocycles. The quantitative estimate of drug-likeness (QED) is 0.597. The lowest BCUT2D eigenvalue weighted by atomic mass is 10.1. The number of aromatic nitrogens is 3. The van der Waals surface area contributed by atoms with Gasteiger partial charge in [0.05, 0.1) is 17.1 Å². The molecule has 0 aliphatic heterocycles. The third-order valence-corrected chi connectivity index (χ3v) is 5.60. The average molecular weight is 421 g/mol. The Bertz CT molecular complexity index is 1150. The summed E-state index contributed by atoms with van der Waals surface area (Å²) in [6.45, 7) is 7.71. The molecule has 2 heterocycles. The number of ether oxygens (including phenoxy) is 1. The van der Waals surface area contributed by atoms with Crippen LogP contribution in [-0.4, -0.2) is 33.2 Å². The lowest BCUT2D eigenvalue weighted by molar-refractivity contribution is -0.119. The Kier molecular flexibility index (Phi) is 5.76. The number of hydrogen-bond donors (Lipinski definition) is 1. The van der Waals surface area contributed by atoms with Crippen molar-refractivity contribution in [1.82, 2.24) is 14.8 Å². The maximum Gasteiger partial charge on any atom is 0.339 e. The zero-order valence-corrected chi connectivity index (χ0v) is 18.4. The molecule has 162 valence electrons. The summed E-state index contributed by atoms with van der Waals surface area (Å²) in [6, 6.07) is 7.79. The molecule has 7 heteroatoms. The maximum absolute atomic E-state index is 12.9. The van der Waals surface area contributed by atoms with E-state index in [1.54, 1.807) is 16.9 Å². The SMILES string of the molecule is CC(C)c1cc(C(=O)OCC(=O)Nc2ccc3c(c2)CCC3)c2cnn(C(C)C)c2n1. The molecule has 1 aromatic carbocycles. The van der Waals surface area contributed by atoms with Crippen LogP contribution in [0.1, 0.15) is 73.3 Å². The first-order valence-corrected chi connectivity index (χ1v) is 10.8. The number of benzene rings is 1. The first-order valence-electron chi connectivity index (χ1n) is 10.8. The molecule has 0 spiro atoms. The molecule has 3 aromatic rings.